The maximum Gasteiger partial charge on any atom is 0.149 e. The molecule has 59 heavy (non-hydrogen) atoms. The second-order valence-corrected chi connectivity index (χ2v) is 18.7. The minimum Gasteiger partial charge on any atom is -0.507 e. The van der Waals surface area contributed by atoms with E-state index in [0.29, 0.717) is 22.9 Å². The number of para-hydroxylation sites is 1. The zero-order chi connectivity index (χ0) is 40.6. The lowest BCUT2D eigenvalue weighted by Gasteiger charge is -2.28. The van der Waals surface area contributed by atoms with Crippen molar-refractivity contribution in [3.63, 3.8) is 0 Å². The van der Waals surface area contributed by atoms with Gasteiger partial charge in [0.2, 0.25) is 0 Å². The fraction of sp³-hybridized carbons (Fsp3) is 0.259. The molecule has 0 radical (unpaired) electrons. The first kappa shape index (κ1) is 37.1. The van der Waals surface area contributed by atoms with Gasteiger partial charge in [0.05, 0.1) is 28.0 Å². The Hall–Kier alpha value is -6.20. The number of imidazole rings is 1. The van der Waals surface area contributed by atoms with E-state index in [4.69, 9.17) is 14.4 Å². The third kappa shape index (κ3) is 6.48. The van der Waals surface area contributed by atoms with Crippen LogP contribution in [0.25, 0.3) is 83.2 Å². The Balaban J connectivity index is 1.20. The molecule has 9 aromatic rings. The fourth-order valence-corrected chi connectivity index (χ4v) is 9.46. The number of hydrogen-bond acceptors (Lipinski definition) is 4. The van der Waals surface area contributed by atoms with Crippen molar-refractivity contribution in [2.24, 2.45) is 0 Å². The average molecular weight is 774 g/mol. The van der Waals surface area contributed by atoms with Crippen molar-refractivity contribution in [2.75, 3.05) is 0 Å². The minimum absolute atomic E-state index is 0.0316. The van der Waals surface area contributed by atoms with Gasteiger partial charge >= 0.3 is 0 Å². The number of phenolic OH excluding ortho intramolecular Hbond substituents is 1. The lowest BCUT2D eigenvalue weighted by molar-refractivity contribution is 0.443. The lowest BCUT2D eigenvalue weighted by Crippen LogP contribution is -2.19. The van der Waals surface area contributed by atoms with Gasteiger partial charge in [-0.05, 0) is 111 Å². The Bertz CT molecular complexity index is 3070. The first-order valence-corrected chi connectivity index (χ1v) is 21.2. The van der Waals surface area contributed by atoms with Gasteiger partial charge in [0.15, 0.2) is 0 Å². The van der Waals surface area contributed by atoms with Crippen LogP contribution in [0, 0.1) is 0 Å². The van der Waals surface area contributed by atoms with Gasteiger partial charge in [-0.15, -0.1) is 0 Å². The first-order chi connectivity index (χ1) is 28.4. The second-order valence-electron chi connectivity index (χ2n) is 18.7. The predicted octanol–water partition coefficient (Wildman–Crippen LogP) is 14.8. The van der Waals surface area contributed by atoms with E-state index in [1.54, 1.807) is 0 Å². The van der Waals surface area contributed by atoms with Gasteiger partial charge in [0, 0.05) is 28.1 Å². The van der Waals surface area contributed by atoms with Crippen molar-refractivity contribution in [1.29, 1.82) is 0 Å². The number of aromatic hydroxyl groups is 1. The summed E-state index contributed by atoms with van der Waals surface area (Å²) in [7, 11) is 0. The Morgan fingerprint density at radius 3 is 2.27 bits per heavy atom. The summed E-state index contributed by atoms with van der Waals surface area (Å²) in [6.07, 6.45) is 8.42. The summed E-state index contributed by atoms with van der Waals surface area (Å²) in [5.41, 5.74) is 12.8. The van der Waals surface area contributed by atoms with Gasteiger partial charge < -0.3 is 9.52 Å². The molecule has 3 aromatic heterocycles. The van der Waals surface area contributed by atoms with Crippen LogP contribution in [0.15, 0.2) is 132 Å². The number of fused-ring (bicyclic) bond motifs is 6. The van der Waals surface area contributed by atoms with Crippen molar-refractivity contribution < 1.29 is 9.52 Å². The molecule has 1 fully saturated rings. The van der Waals surface area contributed by atoms with E-state index in [1.165, 1.54) is 48.8 Å². The maximum atomic E-state index is 12.2. The lowest BCUT2D eigenvalue weighted by atomic mass is 9.79. The molecule has 1 N–H and O–H groups in total. The molecule has 0 unspecified atom stereocenters. The number of rotatable bonds is 5. The van der Waals surface area contributed by atoms with Crippen molar-refractivity contribution >= 4 is 43.7 Å². The van der Waals surface area contributed by atoms with Gasteiger partial charge in [0.1, 0.15) is 22.7 Å². The number of hydrogen-bond donors (Lipinski definition) is 1. The Kier molecular flexibility index (Phi) is 8.79. The molecule has 6 aromatic carbocycles. The normalized spacial score (nSPS) is 14.3. The number of furan rings is 1. The summed E-state index contributed by atoms with van der Waals surface area (Å²) < 4.78 is 8.82. The van der Waals surface area contributed by atoms with E-state index in [2.05, 4.69) is 137 Å². The molecule has 0 amide bonds. The van der Waals surface area contributed by atoms with Crippen LogP contribution in [0.2, 0.25) is 0 Å². The van der Waals surface area contributed by atoms with Crippen LogP contribution in [-0.2, 0) is 10.8 Å². The largest absolute Gasteiger partial charge is 0.507 e. The van der Waals surface area contributed by atoms with E-state index >= 15 is 0 Å². The molecule has 1 aliphatic carbocycles. The monoisotopic (exact) mass is 773 g/mol. The molecule has 10 rings (SSSR count). The molecular formula is C54H51N3O2. The van der Waals surface area contributed by atoms with Crippen molar-refractivity contribution in [1.82, 2.24) is 14.5 Å². The molecule has 0 saturated heterocycles. The first-order valence-electron chi connectivity index (χ1n) is 21.2. The number of aromatic nitrogens is 3. The van der Waals surface area contributed by atoms with E-state index in [0.717, 1.165) is 66.2 Å². The molecule has 0 spiro atoms. The van der Waals surface area contributed by atoms with Gasteiger partial charge in [0.25, 0.3) is 0 Å². The zero-order valence-electron chi connectivity index (χ0n) is 34.9. The zero-order valence-corrected chi connectivity index (χ0v) is 34.9. The molecule has 5 heteroatoms. The highest BCUT2D eigenvalue weighted by Gasteiger charge is 2.28. The quantitative estimate of drug-likeness (QED) is 0.189. The highest BCUT2D eigenvalue weighted by Crippen LogP contribution is 2.45. The summed E-state index contributed by atoms with van der Waals surface area (Å²) in [4.78, 5) is 10.4. The van der Waals surface area contributed by atoms with E-state index in [-0.39, 0.29) is 16.6 Å². The van der Waals surface area contributed by atoms with Crippen LogP contribution in [-0.4, -0.2) is 19.6 Å². The van der Waals surface area contributed by atoms with Crippen LogP contribution < -0.4 is 0 Å². The Labute approximate surface area is 346 Å². The highest BCUT2D eigenvalue weighted by atomic mass is 16.3. The van der Waals surface area contributed by atoms with Crippen LogP contribution in [0.5, 0.6) is 5.75 Å². The number of nitrogens with zero attached hydrogens (tertiary/aromatic N) is 3. The van der Waals surface area contributed by atoms with Crippen molar-refractivity contribution in [2.45, 2.75) is 90.4 Å². The minimum atomic E-state index is -0.193. The molecule has 294 valence electrons. The van der Waals surface area contributed by atoms with Gasteiger partial charge in [-0.25, -0.2) is 4.98 Å². The molecule has 1 saturated carbocycles. The molecule has 5 nitrogen and oxygen atoms in total. The molecule has 0 aliphatic heterocycles. The summed E-state index contributed by atoms with van der Waals surface area (Å²) in [5.74, 6) is 1.42. The summed E-state index contributed by atoms with van der Waals surface area (Å²) >= 11 is 0. The molecule has 0 atom stereocenters. The smallest absolute Gasteiger partial charge is 0.149 e. The molecule has 0 bridgehead atoms. The third-order valence-corrected chi connectivity index (χ3v) is 12.6. The summed E-state index contributed by atoms with van der Waals surface area (Å²) in [5, 5.41) is 16.3. The fourth-order valence-electron chi connectivity index (χ4n) is 9.46. The second kappa shape index (κ2) is 14.0. The Morgan fingerprint density at radius 1 is 0.661 bits per heavy atom. The SMILES string of the molecule is CC(C)(C)c1ccc(-n2c(-c3cc4oc5ccc6ccccc6c5c4cc3O)nc3c(-c4cccc(-c5cc(C6CCCCC6)ccn5)c4)cccc32)c(C(C)(C)C)c1. The van der Waals surface area contributed by atoms with E-state index < -0.39 is 0 Å². The third-order valence-electron chi connectivity index (χ3n) is 12.6. The molecule has 1 aliphatic rings. The number of benzene rings is 6. The molecule has 3 heterocycles. The maximum absolute atomic E-state index is 12.2. The topological polar surface area (TPSA) is 64.1 Å². The predicted molar refractivity (Wildman–Crippen MR) is 245 cm³/mol. The van der Waals surface area contributed by atoms with Crippen LogP contribution in [0.1, 0.15) is 96.3 Å². The molecular weight excluding hydrogens is 723 g/mol. The summed E-state index contributed by atoms with van der Waals surface area (Å²) in [6.45, 7) is 13.6. The standard InChI is InChI=1S/C54H51N3O2/c1-53(2,3)38-23-24-45(43(30-38)54(4,5)6)57-46-21-13-20-40(36-17-12-18-37(28-36)44-29-35(26-27-55-44)33-14-8-7-9-15-33)51(46)56-52(57)41-32-49-42(31-47(41)58)50-39-19-11-10-16-34(39)22-25-48(50)59-49/h10-13,16-33,58H,7-9,14-15H2,1-6H3. The van der Waals surface area contributed by atoms with Crippen LogP contribution in [0.3, 0.4) is 0 Å². The van der Waals surface area contributed by atoms with Crippen molar-refractivity contribution in [3.05, 3.63) is 144 Å². The highest BCUT2D eigenvalue weighted by molar-refractivity contribution is 6.19. The van der Waals surface area contributed by atoms with Gasteiger partial charge in [-0.1, -0.05) is 134 Å². The van der Waals surface area contributed by atoms with Crippen LogP contribution >= 0.6 is 0 Å². The number of phenols is 1. The Morgan fingerprint density at radius 2 is 1.46 bits per heavy atom. The summed E-state index contributed by atoms with van der Waals surface area (Å²) in [6, 6.07) is 42.8. The van der Waals surface area contributed by atoms with E-state index in [1.807, 2.05) is 36.5 Å². The van der Waals surface area contributed by atoms with E-state index in [9.17, 15) is 5.11 Å². The average Bonchev–Trinajstić information content (AvgIpc) is 3.81. The van der Waals surface area contributed by atoms with Crippen molar-refractivity contribution in [3.8, 4) is 45.2 Å². The van der Waals surface area contributed by atoms with Crippen LogP contribution in [0.4, 0.5) is 0 Å². The van der Waals surface area contributed by atoms with Gasteiger partial charge in [-0.3, -0.25) is 9.55 Å². The number of pyridine rings is 1. The van der Waals surface area contributed by atoms with Gasteiger partial charge in [-0.2, -0.15) is 0 Å².